The van der Waals surface area contributed by atoms with Gasteiger partial charge in [-0.25, -0.2) is 0 Å². The number of likely N-dealkylation sites (tertiary alicyclic amines) is 1. The zero-order valence-corrected chi connectivity index (χ0v) is 15.6. The zero-order valence-electron chi connectivity index (χ0n) is 15.6. The molecule has 1 saturated heterocycles. The minimum atomic E-state index is -0.848. The maximum atomic E-state index is 12.5. The molecule has 5 rings (SSSR count). The van der Waals surface area contributed by atoms with E-state index in [1.165, 1.54) is 38.5 Å². The fourth-order valence-electron chi connectivity index (χ4n) is 6.69. The summed E-state index contributed by atoms with van der Waals surface area (Å²) in [5, 5.41) is 12.0. The highest BCUT2D eigenvalue weighted by atomic mass is 16.4. The Hall–Kier alpha value is -1.59. The smallest absolute Gasteiger partial charge is 0.308 e. The molecule has 26 heavy (non-hydrogen) atoms. The van der Waals surface area contributed by atoms with Gasteiger partial charge in [0.1, 0.15) is 0 Å². The predicted octanol–water partition coefficient (Wildman–Crippen LogP) is 1.89. The van der Waals surface area contributed by atoms with Gasteiger partial charge in [0.05, 0.1) is 12.5 Å². The molecule has 0 spiro atoms. The standard InChI is InChI=1S/C20H30N2O4/c1-12-10-22(11-16(12)19(25)26)18(24)9-21-17(23)8-20-5-13-2-14(6-20)4-15(3-13)7-20/h12-16H,2-11H2,1H3,(H,21,23)(H,25,26)/t12-,13?,14?,15?,16-,20?/m1/s1. The van der Waals surface area contributed by atoms with Crippen molar-refractivity contribution in [2.75, 3.05) is 19.6 Å². The number of nitrogens with zero attached hydrogens (tertiary/aromatic N) is 1. The van der Waals surface area contributed by atoms with Gasteiger partial charge in [-0.15, -0.1) is 0 Å². The molecule has 0 aromatic carbocycles. The topological polar surface area (TPSA) is 86.7 Å². The van der Waals surface area contributed by atoms with Gasteiger partial charge in [-0.2, -0.15) is 0 Å². The third-order valence-electron chi connectivity index (χ3n) is 7.42. The fraction of sp³-hybridized carbons (Fsp3) is 0.850. The third-order valence-corrected chi connectivity index (χ3v) is 7.42. The van der Waals surface area contributed by atoms with E-state index in [4.69, 9.17) is 0 Å². The number of carboxylic acid groups (broad SMARTS) is 1. The average molecular weight is 362 g/mol. The van der Waals surface area contributed by atoms with Crippen LogP contribution >= 0.6 is 0 Å². The second-order valence-electron chi connectivity index (χ2n) is 9.59. The monoisotopic (exact) mass is 362 g/mol. The number of carbonyl (C=O) groups excluding carboxylic acids is 2. The lowest BCUT2D eigenvalue weighted by Crippen LogP contribution is -2.48. The second-order valence-corrected chi connectivity index (χ2v) is 9.59. The van der Waals surface area contributed by atoms with Crippen molar-refractivity contribution < 1.29 is 19.5 Å². The van der Waals surface area contributed by atoms with Gasteiger partial charge in [-0.1, -0.05) is 6.92 Å². The van der Waals surface area contributed by atoms with Crippen molar-refractivity contribution in [3.05, 3.63) is 0 Å². The van der Waals surface area contributed by atoms with Crippen molar-refractivity contribution in [3.8, 4) is 0 Å². The summed E-state index contributed by atoms with van der Waals surface area (Å²) in [7, 11) is 0. The molecule has 4 bridgehead atoms. The third kappa shape index (κ3) is 3.35. The molecule has 5 fully saturated rings. The van der Waals surface area contributed by atoms with Gasteiger partial charge in [0.15, 0.2) is 0 Å². The zero-order chi connectivity index (χ0) is 18.5. The normalized spacial score (nSPS) is 40.7. The van der Waals surface area contributed by atoms with E-state index in [0.29, 0.717) is 13.0 Å². The van der Waals surface area contributed by atoms with Gasteiger partial charge in [0.25, 0.3) is 0 Å². The lowest BCUT2D eigenvalue weighted by Gasteiger charge is -2.56. The molecule has 0 unspecified atom stereocenters. The van der Waals surface area contributed by atoms with Crippen molar-refractivity contribution in [2.24, 2.45) is 35.0 Å². The molecule has 5 aliphatic rings. The molecule has 2 N–H and O–H groups in total. The van der Waals surface area contributed by atoms with Crippen LogP contribution in [-0.4, -0.2) is 47.4 Å². The second kappa shape index (κ2) is 6.54. The fourth-order valence-corrected chi connectivity index (χ4v) is 6.69. The molecular formula is C20H30N2O4. The van der Waals surface area contributed by atoms with E-state index < -0.39 is 11.9 Å². The molecule has 1 aliphatic heterocycles. The molecule has 0 aromatic heterocycles. The van der Waals surface area contributed by atoms with E-state index in [-0.39, 0.29) is 36.2 Å². The van der Waals surface area contributed by atoms with E-state index in [0.717, 1.165) is 17.8 Å². The average Bonchev–Trinajstić information content (AvgIpc) is 2.93. The van der Waals surface area contributed by atoms with E-state index in [9.17, 15) is 19.5 Å². The SMILES string of the molecule is C[C@@H]1CN(C(=O)CNC(=O)CC23CC4CC(CC(C4)C2)C3)C[C@H]1C(=O)O. The summed E-state index contributed by atoms with van der Waals surface area (Å²) >= 11 is 0. The largest absolute Gasteiger partial charge is 0.481 e. The molecule has 144 valence electrons. The molecule has 4 aliphatic carbocycles. The van der Waals surface area contributed by atoms with E-state index >= 15 is 0 Å². The summed E-state index contributed by atoms with van der Waals surface area (Å²) in [4.78, 5) is 37.6. The van der Waals surface area contributed by atoms with Gasteiger partial charge >= 0.3 is 5.97 Å². The number of hydrogen-bond acceptors (Lipinski definition) is 3. The summed E-state index contributed by atoms with van der Waals surface area (Å²) in [6, 6.07) is 0. The van der Waals surface area contributed by atoms with Crippen molar-refractivity contribution in [1.82, 2.24) is 10.2 Å². The predicted molar refractivity (Wildman–Crippen MR) is 95.1 cm³/mol. The lowest BCUT2D eigenvalue weighted by atomic mass is 9.49. The quantitative estimate of drug-likeness (QED) is 0.782. The number of amides is 2. The number of hydrogen-bond donors (Lipinski definition) is 2. The number of carbonyl (C=O) groups is 3. The molecule has 1 heterocycles. The molecule has 2 amide bonds. The van der Waals surface area contributed by atoms with Gasteiger partial charge in [-0.3, -0.25) is 14.4 Å². The molecule has 4 saturated carbocycles. The number of nitrogens with one attached hydrogen (secondary N) is 1. The Morgan fingerprint density at radius 1 is 1.04 bits per heavy atom. The summed E-state index contributed by atoms with van der Waals surface area (Å²) in [5.74, 6) is 0.875. The van der Waals surface area contributed by atoms with Crippen LogP contribution < -0.4 is 5.32 Å². The molecule has 2 atom stereocenters. The summed E-state index contributed by atoms with van der Waals surface area (Å²) in [6.45, 7) is 2.56. The Bertz CT molecular complexity index is 582. The highest BCUT2D eigenvalue weighted by Gasteiger charge is 2.51. The maximum absolute atomic E-state index is 12.5. The lowest BCUT2D eigenvalue weighted by molar-refractivity contribution is -0.142. The van der Waals surface area contributed by atoms with Gasteiger partial charge in [-0.05, 0) is 67.6 Å². The molecule has 0 radical (unpaired) electrons. The van der Waals surface area contributed by atoms with Crippen LogP contribution in [0.5, 0.6) is 0 Å². The van der Waals surface area contributed by atoms with E-state index in [1.54, 1.807) is 4.90 Å². The van der Waals surface area contributed by atoms with E-state index in [1.807, 2.05) is 6.92 Å². The van der Waals surface area contributed by atoms with Gasteiger partial charge < -0.3 is 15.3 Å². The Balaban J connectivity index is 1.27. The van der Waals surface area contributed by atoms with Crippen LogP contribution in [0.2, 0.25) is 0 Å². The van der Waals surface area contributed by atoms with Crippen LogP contribution in [0.25, 0.3) is 0 Å². The van der Waals surface area contributed by atoms with Crippen molar-refractivity contribution in [3.63, 3.8) is 0 Å². The molecular weight excluding hydrogens is 332 g/mol. The van der Waals surface area contributed by atoms with Crippen LogP contribution in [0.4, 0.5) is 0 Å². The van der Waals surface area contributed by atoms with Crippen molar-refractivity contribution in [2.45, 2.75) is 51.9 Å². The molecule has 0 aromatic rings. The van der Waals surface area contributed by atoms with E-state index in [2.05, 4.69) is 5.32 Å². The molecule has 6 nitrogen and oxygen atoms in total. The Morgan fingerprint density at radius 2 is 1.62 bits per heavy atom. The van der Waals surface area contributed by atoms with Crippen LogP contribution in [0.3, 0.4) is 0 Å². The Kier molecular flexibility index (Phi) is 4.48. The highest BCUT2D eigenvalue weighted by Crippen LogP contribution is 2.61. The first-order chi connectivity index (χ1) is 12.3. The summed E-state index contributed by atoms with van der Waals surface area (Å²) in [6.07, 6.45) is 8.18. The Labute approximate surface area is 154 Å². The minimum absolute atomic E-state index is 0.00966. The number of carboxylic acids is 1. The first-order valence-corrected chi connectivity index (χ1v) is 10.1. The number of aliphatic carboxylic acids is 1. The van der Waals surface area contributed by atoms with Crippen LogP contribution in [0.15, 0.2) is 0 Å². The first kappa shape index (κ1) is 17.8. The highest BCUT2D eigenvalue weighted by molar-refractivity contribution is 5.85. The first-order valence-electron chi connectivity index (χ1n) is 10.1. The molecule has 6 heteroatoms. The summed E-state index contributed by atoms with van der Waals surface area (Å²) < 4.78 is 0. The minimum Gasteiger partial charge on any atom is -0.481 e. The van der Waals surface area contributed by atoms with Gasteiger partial charge in [0, 0.05) is 19.5 Å². The maximum Gasteiger partial charge on any atom is 0.308 e. The summed E-state index contributed by atoms with van der Waals surface area (Å²) in [5.41, 5.74) is 0.179. The van der Waals surface area contributed by atoms with Crippen molar-refractivity contribution >= 4 is 17.8 Å². The van der Waals surface area contributed by atoms with Crippen LogP contribution in [0, 0.1) is 35.0 Å². The van der Waals surface area contributed by atoms with Crippen LogP contribution in [0.1, 0.15) is 51.9 Å². The van der Waals surface area contributed by atoms with Crippen LogP contribution in [-0.2, 0) is 14.4 Å². The Morgan fingerprint density at radius 3 is 2.12 bits per heavy atom. The number of rotatable bonds is 5. The van der Waals surface area contributed by atoms with Crippen molar-refractivity contribution in [1.29, 1.82) is 0 Å². The van der Waals surface area contributed by atoms with Gasteiger partial charge in [0.2, 0.25) is 11.8 Å².